The molecule has 1 aliphatic heterocycles. The minimum Gasteiger partial charge on any atom is -0.337 e. The minimum atomic E-state index is 0.0607. The number of carbonyl (C=O) groups excluding carboxylic acids is 1. The zero-order valence-electron chi connectivity index (χ0n) is 15.0. The Balaban J connectivity index is 1.55. The first kappa shape index (κ1) is 16.7. The number of rotatable bonds is 3. The summed E-state index contributed by atoms with van der Waals surface area (Å²) in [6.07, 6.45) is 4.48. The van der Waals surface area contributed by atoms with E-state index in [0.717, 1.165) is 43.6 Å². The van der Waals surface area contributed by atoms with Gasteiger partial charge < -0.3 is 9.80 Å². The summed E-state index contributed by atoms with van der Waals surface area (Å²) >= 11 is 0. The molecule has 4 rings (SSSR count). The van der Waals surface area contributed by atoms with E-state index in [2.05, 4.69) is 34.2 Å². The lowest BCUT2D eigenvalue weighted by atomic mass is 10.2. The number of fused-ring (bicyclic) bond motifs is 1. The maximum absolute atomic E-state index is 12.8. The molecule has 3 aromatic rings. The van der Waals surface area contributed by atoms with E-state index in [1.54, 1.807) is 12.4 Å². The van der Waals surface area contributed by atoms with Gasteiger partial charge >= 0.3 is 0 Å². The monoisotopic (exact) mass is 349 g/mol. The van der Waals surface area contributed by atoms with E-state index in [1.807, 2.05) is 33.8 Å². The summed E-state index contributed by atoms with van der Waals surface area (Å²) in [6.45, 7) is 4.18. The minimum absolute atomic E-state index is 0.0607. The van der Waals surface area contributed by atoms with Crippen LogP contribution in [0.1, 0.15) is 22.3 Å². The van der Waals surface area contributed by atoms with Gasteiger partial charge in [-0.3, -0.25) is 4.79 Å². The Morgan fingerprint density at radius 3 is 2.77 bits per heavy atom. The molecule has 0 radical (unpaired) electrons. The summed E-state index contributed by atoms with van der Waals surface area (Å²) in [5.41, 5.74) is 2.62. The summed E-state index contributed by atoms with van der Waals surface area (Å²) in [6, 6.07) is 12.1. The van der Waals surface area contributed by atoms with E-state index in [4.69, 9.17) is 0 Å². The summed E-state index contributed by atoms with van der Waals surface area (Å²) in [4.78, 5) is 21.6. The number of aromatic nitrogens is 3. The molecule has 0 N–H and O–H groups in total. The first-order chi connectivity index (χ1) is 12.7. The normalized spacial score (nSPS) is 16.0. The lowest BCUT2D eigenvalue weighted by Crippen LogP contribution is -2.34. The van der Waals surface area contributed by atoms with Crippen molar-refractivity contribution in [1.29, 1.82) is 0 Å². The average Bonchev–Trinajstić information content (AvgIpc) is 2.93. The Hall–Kier alpha value is -2.73. The highest BCUT2D eigenvalue weighted by atomic mass is 16.2. The largest absolute Gasteiger partial charge is 0.337 e. The molecule has 0 spiro atoms. The van der Waals surface area contributed by atoms with Gasteiger partial charge in [0.1, 0.15) is 0 Å². The number of carbonyl (C=O) groups is 1. The molecule has 0 saturated carbocycles. The molecule has 6 nitrogen and oxygen atoms in total. The van der Waals surface area contributed by atoms with Crippen molar-refractivity contribution >= 4 is 16.9 Å². The number of benzene rings is 1. The van der Waals surface area contributed by atoms with E-state index in [1.165, 1.54) is 5.56 Å². The zero-order chi connectivity index (χ0) is 17.9. The molecule has 1 saturated heterocycles. The Morgan fingerprint density at radius 2 is 1.92 bits per heavy atom. The van der Waals surface area contributed by atoms with Crippen LogP contribution < -0.4 is 0 Å². The van der Waals surface area contributed by atoms with Gasteiger partial charge in [0.05, 0.1) is 18.3 Å². The van der Waals surface area contributed by atoms with Crippen molar-refractivity contribution in [1.82, 2.24) is 24.6 Å². The highest BCUT2D eigenvalue weighted by Gasteiger charge is 2.20. The molecule has 1 amide bonds. The molecule has 1 aromatic carbocycles. The third-order valence-electron chi connectivity index (χ3n) is 4.90. The van der Waals surface area contributed by atoms with Gasteiger partial charge in [-0.05, 0) is 31.6 Å². The predicted molar refractivity (Wildman–Crippen MR) is 101 cm³/mol. The van der Waals surface area contributed by atoms with Crippen LogP contribution in [0.3, 0.4) is 0 Å². The average molecular weight is 349 g/mol. The van der Waals surface area contributed by atoms with Crippen LogP contribution in [0.25, 0.3) is 11.0 Å². The third kappa shape index (κ3) is 3.46. The predicted octanol–water partition coefficient (Wildman–Crippen LogP) is 2.26. The lowest BCUT2D eigenvalue weighted by Gasteiger charge is -2.20. The van der Waals surface area contributed by atoms with Crippen molar-refractivity contribution in [3.8, 4) is 0 Å². The fraction of sp³-hybridized carbons (Fsp3) is 0.350. The standard InChI is InChI=1S/C20H23N5O/c1-23-8-5-9-24(11-10-23)20(26)18-12-17-14-22-25(19(17)21-13-18)15-16-6-3-2-4-7-16/h2-4,6-7,12-14H,5,8-11,15H2,1H3. The van der Waals surface area contributed by atoms with Gasteiger partial charge in [0, 0.05) is 31.2 Å². The second kappa shape index (κ2) is 7.25. The SMILES string of the molecule is CN1CCCN(C(=O)c2cnc3c(cnn3Cc3ccccc3)c2)CC1. The summed E-state index contributed by atoms with van der Waals surface area (Å²) < 4.78 is 1.87. The van der Waals surface area contributed by atoms with Gasteiger partial charge in [0.25, 0.3) is 5.91 Å². The molecule has 26 heavy (non-hydrogen) atoms. The second-order valence-electron chi connectivity index (χ2n) is 6.87. The van der Waals surface area contributed by atoms with Crippen LogP contribution in [-0.4, -0.2) is 63.7 Å². The number of hydrogen-bond acceptors (Lipinski definition) is 4. The van der Waals surface area contributed by atoms with Crippen molar-refractivity contribution in [2.24, 2.45) is 0 Å². The second-order valence-corrected chi connectivity index (χ2v) is 6.87. The molecule has 0 atom stereocenters. The number of pyridine rings is 1. The first-order valence-corrected chi connectivity index (χ1v) is 9.04. The maximum atomic E-state index is 12.8. The molecule has 1 aliphatic rings. The molecular weight excluding hydrogens is 326 g/mol. The Morgan fingerprint density at radius 1 is 1.08 bits per heavy atom. The van der Waals surface area contributed by atoms with Crippen molar-refractivity contribution in [3.05, 3.63) is 59.9 Å². The van der Waals surface area contributed by atoms with Gasteiger partial charge in [0.2, 0.25) is 0 Å². The first-order valence-electron chi connectivity index (χ1n) is 9.04. The van der Waals surface area contributed by atoms with E-state index in [-0.39, 0.29) is 5.91 Å². The van der Waals surface area contributed by atoms with E-state index in [0.29, 0.717) is 12.1 Å². The summed E-state index contributed by atoms with van der Waals surface area (Å²) in [5.74, 6) is 0.0607. The van der Waals surface area contributed by atoms with Crippen LogP contribution in [0.5, 0.6) is 0 Å². The molecule has 0 unspecified atom stereocenters. The smallest absolute Gasteiger partial charge is 0.255 e. The lowest BCUT2D eigenvalue weighted by molar-refractivity contribution is 0.0762. The van der Waals surface area contributed by atoms with Crippen LogP contribution in [0.15, 0.2) is 48.8 Å². The van der Waals surface area contributed by atoms with Gasteiger partial charge in [0.15, 0.2) is 5.65 Å². The maximum Gasteiger partial charge on any atom is 0.255 e. The molecule has 1 fully saturated rings. The van der Waals surface area contributed by atoms with Crippen molar-refractivity contribution < 1.29 is 4.79 Å². The molecule has 3 heterocycles. The van der Waals surface area contributed by atoms with Gasteiger partial charge in [-0.15, -0.1) is 0 Å². The van der Waals surface area contributed by atoms with Crippen LogP contribution in [0, 0.1) is 0 Å². The van der Waals surface area contributed by atoms with E-state index < -0.39 is 0 Å². The van der Waals surface area contributed by atoms with Gasteiger partial charge in [-0.1, -0.05) is 30.3 Å². The van der Waals surface area contributed by atoms with Crippen LogP contribution >= 0.6 is 0 Å². The van der Waals surface area contributed by atoms with Crippen LogP contribution in [-0.2, 0) is 6.54 Å². The Bertz CT molecular complexity index is 905. The van der Waals surface area contributed by atoms with Crippen molar-refractivity contribution in [3.63, 3.8) is 0 Å². The zero-order valence-corrected chi connectivity index (χ0v) is 15.0. The Kier molecular flexibility index (Phi) is 4.67. The molecule has 2 aromatic heterocycles. The topological polar surface area (TPSA) is 54.3 Å². The number of amides is 1. The Labute approximate surface area is 153 Å². The highest BCUT2D eigenvalue weighted by molar-refractivity contribution is 5.96. The van der Waals surface area contributed by atoms with E-state index in [9.17, 15) is 4.79 Å². The molecule has 0 aliphatic carbocycles. The van der Waals surface area contributed by atoms with Crippen LogP contribution in [0.4, 0.5) is 0 Å². The van der Waals surface area contributed by atoms with E-state index >= 15 is 0 Å². The number of hydrogen-bond donors (Lipinski definition) is 0. The summed E-state index contributed by atoms with van der Waals surface area (Å²) in [5, 5.41) is 5.35. The highest BCUT2D eigenvalue weighted by Crippen LogP contribution is 2.16. The van der Waals surface area contributed by atoms with Crippen molar-refractivity contribution in [2.45, 2.75) is 13.0 Å². The summed E-state index contributed by atoms with van der Waals surface area (Å²) in [7, 11) is 2.10. The molecule has 0 bridgehead atoms. The number of likely N-dealkylation sites (N-methyl/N-ethyl adjacent to an activating group) is 1. The fourth-order valence-corrected chi connectivity index (χ4v) is 3.39. The molecule has 6 heteroatoms. The number of nitrogens with zero attached hydrogens (tertiary/aromatic N) is 5. The molecular formula is C20H23N5O. The van der Waals surface area contributed by atoms with Crippen LogP contribution in [0.2, 0.25) is 0 Å². The molecule has 134 valence electrons. The van der Waals surface area contributed by atoms with Gasteiger partial charge in [-0.2, -0.15) is 5.10 Å². The third-order valence-corrected chi connectivity index (χ3v) is 4.90. The quantitative estimate of drug-likeness (QED) is 0.728. The van der Waals surface area contributed by atoms with Gasteiger partial charge in [-0.25, -0.2) is 9.67 Å². The fourth-order valence-electron chi connectivity index (χ4n) is 3.39. The van der Waals surface area contributed by atoms with Crippen molar-refractivity contribution in [2.75, 3.05) is 33.2 Å².